The van der Waals surface area contributed by atoms with E-state index in [1.165, 1.54) is 0 Å². The van der Waals surface area contributed by atoms with E-state index in [0.29, 0.717) is 0 Å². The van der Waals surface area contributed by atoms with E-state index < -0.39 is 6.10 Å². The highest BCUT2D eigenvalue weighted by atomic mass is 16.3. The van der Waals surface area contributed by atoms with Gasteiger partial charge in [-0.2, -0.15) is 0 Å². The van der Waals surface area contributed by atoms with Crippen LogP contribution in [0.4, 0.5) is 11.5 Å². The zero-order valence-electron chi connectivity index (χ0n) is 10.7. The summed E-state index contributed by atoms with van der Waals surface area (Å²) < 4.78 is 0. The van der Waals surface area contributed by atoms with Crippen molar-refractivity contribution in [1.82, 2.24) is 4.98 Å². The lowest BCUT2D eigenvalue weighted by Gasteiger charge is -2.25. The molecule has 0 amide bonds. The first-order valence-corrected chi connectivity index (χ1v) is 6.19. The Morgan fingerprint density at radius 3 is 2.50 bits per heavy atom. The molecule has 0 radical (unpaired) electrons. The van der Waals surface area contributed by atoms with Gasteiger partial charge in [0, 0.05) is 24.0 Å². The van der Waals surface area contributed by atoms with E-state index in [4.69, 9.17) is 0 Å². The lowest BCUT2D eigenvalue weighted by molar-refractivity contribution is 0.199. The number of benzene rings is 1. The van der Waals surface area contributed by atoms with Crippen molar-refractivity contribution in [2.45, 2.75) is 20.0 Å². The van der Waals surface area contributed by atoms with Crippen LogP contribution >= 0.6 is 0 Å². The van der Waals surface area contributed by atoms with Gasteiger partial charge in [-0.15, -0.1) is 0 Å². The predicted octanol–water partition coefficient (Wildman–Crippen LogP) is 3.29. The second-order valence-electron chi connectivity index (χ2n) is 4.17. The average molecular weight is 242 g/mol. The van der Waals surface area contributed by atoms with E-state index in [-0.39, 0.29) is 0 Å². The SMILES string of the molecule is CCN(c1ccccc1)c1ncccc1C(C)O. The molecule has 0 aliphatic rings. The van der Waals surface area contributed by atoms with Gasteiger partial charge in [-0.1, -0.05) is 24.3 Å². The highest BCUT2D eigenvalue weighted by Crippen LogP contribution is 2.29. The van der Waals surface area contributed by atoms with Crippen LogP contribution in [0.5, 0.6) is 0 Å². The van der Waals surface area contributed by atoms with Crippen LogP contribution in [0.15, 0.2) is 48.7 Å². The molecule has 0 aliphatic heterocycles. The Labute approximate surface area is 108 Å². The summed E-state index contributed by atoms with van der Waals surface area (Å²) >= 11 is 0. The maximum atomic E-state index is 9.83. The summed E-state index contributed by atoms with van der Waals surface area (Å²) in [5.74, 6) is 0.821. The number of hydrogen-bond acceptors (Lipinski definition) is 3. The Kier molecular flexibility index (Phi) is 3.95. The summed E-state index contributed by atoms with van der Waals surface area (Å²) in [6, 6.07) is 13.9. The largest absolute Gasteiger partial charge is 0.389 e. The van der Waals surface area contributed by atoms with Crippen molar-refractivity contribution in [2.24, 2.45) is 0 Å². The zero-order valence-corrected chi connectivity index (χ0v) is 10.7. The highest BCUT2D eigenvalue weighted by Gasteiger charge is 2.15. The van der Waals surface area contributed by atoms with Gasteiger partial charge in [0.15, 0.2) is 0 Å². The summed E-state index contributed by atoms with van der Waals surface area (Å²) in [5.41, 5.74) is 1.93. The van der Waals surface area contributed by atoms with Crippen LogP contribution in [-0.2, 0) is 0 Å². The Hall–Kier alpha value is -1.87. The molecule has 3 nitrogen and oxygen atoms in total. The van der Waals surface area contributed by atoms with Gasteiger partial charge in [-0.3, -0.25) is 0 Å². The molecule has 0 fully saturated rings. The molecule has 1 atom stereocenters. The first-order chi connectivity index (χ1) is 8.74. The topological polar surface area (TPSA) is 36.4 Å². The normalized spacial score (nSPS) is 12.2. The molecule has 2 rings (SSSR count). The highest BCUT2D eigenvalue weighted by molar-refractivity contribution is 5.62. The van der Waals surface area contributed by atoms with Crippen molar-refractivity contribution in [1.29, 1.82) is 0 Å². The van der Waals surface area contributed by atoms with Gasteiger partial charge in [0.1, 0.15) is 5.82 Å². The lowest BCUT2D eigenvalue weighted by atomic mass is 10.1. The molecule has 1 aromatic carbocycles. The second-order valence-corrected chi connectivity index (χ2v) is 4.17. The molecule has 2 aromatic rings. The molecule has 1 N–H and O–H groups in total. The number of pyridine rings is 1. The molecule has 0 bridgehead atoms. The molecule has 1 unspecified atom stereocenters. The molecule has 94 valence electrons. The van der Waals surface area contributed by atoms with Crippen LogP contribution in [0, 0.1) is 0 Å². The average Bonchev–Trinajstić information content (AvgIpc) is 2.41. The molecule has 1 aromatic heterocycles. The zero-order chi connectivity index (χ0) is 13.0. The molecule has 0 spiro atoms. The van der Waals surface area contributed by atoms with Gasteiger partial charge in [-0.05, 0) is 32.0 Å². The van der Waals surface area contributed by atoms with Crippen LogP contribution in [0.25, 0.3) is 0 Å². The van der Waals surface area contributed by atoms with Crippen molar-refractivity contribution >= 4 is 11.5 Å². The lowest BCUT2D eigenvalue weighted by Crippen LogP contribution is -2.19. The quantitative estimate of drug-likeness (QED) is 0.893. The Morgan fingerprint density at radius 2 is 1.89 bits per heavy atom. The molecule has 0 saturated heterocycles. The van der Waals surface area contributed by atoms with Gasteiger partial charge in [-0.25, -0.2) is 4.98 Å². The minimum Gasteiger partial charge on any atom is -0.389 e. The van der Waals surface area contributed by atoms with Gasteiger partial charge < -0.3 is 10.0 Å². The number of aliphatic hydroxyl groups is 1. The summed E-state index contributed by atoms with van der Waals surface area (Å²) in [4.78, 5) is 6.51. The number of hydrogen-bond donors (Lipinski definition) is 1. The molecule has 18 heavy (non-hydrogen) atoms. The van der Waals surface area contributed by atoms with Gasteiger partial charge >= 0.3 is 0 Å². The molecule has 0 aliphatic carbocycles. The van der Waals surface area contributed by atoms with Crippen molar-refractivity contribution in [3.05, 3.63) is 54.2 Å². The standard InChI is InChI=1S/C15H18N2O/c1-3-17(13-8-5-4-6-9-13)15-14(12(2)18)10-7-11-16-15/h4-12,18H,3H2,1-2H3. The van der Waals surface area contributed by atoms with Crippen LogP contribution in [0.1, 0.15) is 25.5 Å². The maximum absolute atomic E-state index is 9.83. The number of aliphatic hydroxyl groups excluding tert-OH is 1. The third kappa shape index (κ3) is 2.51. The third-order valence-corrected chi connectivity index (χ3v) is 2.91. The van der Waals surface area contributed by atoms with Crippen molar-refractivity contribution < 1.29 is 5.11 Å². The number of rotatable bonds is 4. The molecule has 3 heteroatoms. The van der Waals surface area contributed by atoms with E-state index in [2.05, 4.69) is 16.8 Å². The first-order valence-electron chi connectivity index (χ1n) is 6.19. The summed E-state index contributed by atoms with van der Waals surface area (Å²) in [5, 5.41) is 9.83. The number of nitrogens with zero attached hydrogens (tertiary/aromatic N) is 2. The first kappa shape index (κ1) is 12.6. The van der Waals surface area contributed by atoms with Crippen molar-refractivity contribution in [3.63, 3.8) is 0 Å². The fourth-order valence-corrected chi connectivity index (χ4v) is 2.02. The minimum absolute atomic E-state index is 0.522. The maximum Gasteiger partial charge on any atom is 0.138 e. The van der Waals surface area contributed by atoms with Crippen LogP contribution in [0.2, 0.25) is 0 Å². The van der Waals surface area contributed by atoms with Gasteiger partial charge in [0.2, 0.25) is 0 Å². The van der Waals surface area contributed by atoms with E-state index in [0.717, 1.165) is 23.6 Å². The fraction of sp³-hybridized carbons (Fsp3) is 0.267. The van der Waals surface area contributed by atoms with Crippen LogP contribution < -0.4 is 4.90 Å². The van der Waals surface area contributed by atoms with Crippen molar-refractivity contribution in [3.8, 4) is 0 Å². The molecular formula is C15H18N2O. The monoisotopic (exact) mass is 242 g/mol. The van der Waals surface area contributed by atoms with E-state index in [1.54, 1.807) is 13.1 Å². The Balaban J connectivity index is 2.46. The fourth-order valence-electron chi connectivity index (χ4n) is 2.02. The molecule has 1 heterocycles. The van der Waals surface area contributed by atoms with Crippen molar-refractivity contribution in [2.75, 3.05) is 11.4 Å². The smallest absolute Gasteiger partial charge is 0.138 e. The Morgan fingerprint density at radius 1 is 1.17 bits per heavy atom. The molecule has 0 saturated carbocycles. The molecular weight excluding hydrogens is 224 g/mol. The Bertz CT molecular complexity index is 497. The summed E-state index contributed by atoms with van der Waals surface area (Å²) in [7, 11) is 0. The number of aromatic nitrogens is 1. The van der Waals surface area contributed by atoms with E-state index >= 15 is 0 Å². The third-order valence-electron chi connectivity index (χ3n) is 2.91. The van der Waals surface area contributed by atoms with Gasteiger partial charge in [0.25, 0.3) is 0 Å². The van der Waals surface area contributed by atoms with E-state index in [9.17, 15) is 5.11 Å². The summed E-state index contributed by atoms with van der Waals surface area (Å²) in [6.07, 6.45) is 1.23. The number of anilines is 2. The predicted molar refractivity (Wildman–Crippen MR) is 74.0 cm³/mol. The van der Waals surface area contributed by atoms with Crippen LogP contribution in [-0.4, -0.2) is 16.6 Å². The minimum atomic E-state index is -0.522. The second kappa shape index (κ2) is 5.65. The van der Waals surface area contributed by atoms with E-state index in [1.807, 2.05) is 42.5 Å². The summed E-state index contributed by atoms with van der Waals surface area (Å²) in [6.45, 7) is 4.65. The van der Waals surface area contributed by atoms with Crippen LogP contribution in [0.3, 0.4) is 0 Å². The van der Waals surface area contributed by atoms with Gasteiger partial charge in [0.05, 0.1) is 6.10 Å². The number of para-hydroxylation sites is 1.